The molecule has 0 aromatic heterocycles. The minimum atomic E-state index is -4.18. The molecule has 0 spiro atoms. The summed E-state index contributed by atoms with van der Waals surface area (Å²) in [5.41, 5.74) is 0.691. The summed E-state index contributed by atoms with van der Waals surface area (Å²) >= 11 is 0. The van der Waals surface area contributed by atoms with Gasteiger partial charge in [0.05, 0.1) is 12.5 Å². The van der Waals surface area contributed by atoms with Gasteiger partial charge in [0.2, 0.25) is 0 Å². The highest BCUT2D eigenvalue weighted by molar-refractivity contribution is 5.19. The lowest BCUT2D eigenvalue weighted by molar-refractivity contribution is -0.141. The third-order valence-electron chi connectivity index (χ3n) is 4.28. The van der Waals surface area contributed by atoms with Crippen LogP contribution in [0.15, 0.2) is 30.3 Å². The maximum Gasteiger partial charge on any atom is 0.390 e. The molecule has 1 heterocycles. The Bertz CT molecular complexity index is 458. The van der Waals surface area contributed by atoms with Crippen LogP contribution in [0.1, 0.15) is 37.3 Å². The molecule has 3 rings (SSSR count). The largest absolute Gasteiger partial charge is 0.390 e. The van der Waals surface area contributed by atoms with Crippen molar-refractivity contribution in [1.29, 1.82) is 0 Å². The van der Waals surface area contributed by atoms with Crippen molar-refractivity contribution >= 4 is 0 Å². The van der Waals surface area contributed by atoms with Crippen molar-refractivity contribution < 1.29 is 17.9 Å². The van der Waals surface area contributed by atoms with Crippen LogP contribution in [-0.4, -0.2) is 24.9 Å². The van der Waals surface area contributed by atoms with E-state index in [2.05, 4.69) is 5.32 Å². The molecule has 2 nitrogen and oxygen atoms in total. The molecule has 2 aliphatic rings. The molecule has 116 valence electrons. The second-order valence-electron chi connectivity index (χ2n) is 6.02. The van der Waals surface area contributed by atoms with Crippen molar-refractivity contribution in [1.82, 2.24) is 5.32 Å². The predicted octanol–water partition coefficient (Wildman–Crippen LogP) is 3.84. The Morgan fingerprint density at radius 3 is 2.48 bits per heavy atom. The van der Waals surface area contributed by atoms with E-state index in [1.54, 1.807) is 24.3 Å². The van der Waals surface area contributed by atoms with Crippen molar-refractivity contribution in [3.63, 3.8) is 0 Å². The highest BCUT2D eigenvalue weighted by Gasteiger charge is 2.42. The molecule has 0 radical (unpaired) electrons. The van der Waals surface area contributed by atoms with Gasteiger partial charge in [0.1, 0.15) is 0 Å². The minimum absolute atomic E-state index is 0.0325. The van der Waals surface area contributed by atoms with Crippen molar-refractivity contribution in [3.8, 4) is 0 Å². The Kier molecular flexibility index (Phi) is 4.22. The Morgan fingerprint density at radius 1 is 1.14 bits per heavy atom. The van der Waals surface area contributed by atoms with Crippen LogP contribution in [0.4, 0.5) is 13.2 Å². The van der Waals surface area contributed by atoms with Crippen LogP contribution < -0.4 is 5.32 Å². The summed E-state index contributed by atoms with van der Waals surface area (Å²) in [5, 5.41) is 3.22. The van der Waals surface area contributed by atoms with E-state index in [-0.39, 0.29) is 12.1 Å². The predicted molar refractivity (Wildman–Crippen MR) is 73.9 cm³/mol. The number of rotatable bonds is 5. The minimum Gasteiger partial charge on any atom is -0.376 e. The highest BCUT2D eigenvalue weighted by atomic mass is 19.4. The van der Waals surface area contributed by atoms with E-state index in [0.29, 0.717) is 18.1 Å². The topological polar surface area (TPSA) is 21.3 Å². The van der Waals surface area contributed by atoms with E-state index in [1.807, 2.05) is 6.07 Å². The van der Waals surface area contributed by atoms with Crippen LogP contribution >= 0.6 is 0 Å². The molecule has 1 saturated carbocycles. The molecule has 2 fully saturated rings. The third kappa shape index (κ3) is 3.98. The molecule has 0 amide bonds. The molecule has 1 aliphatic heterocycles. The van der Waals surface area contributed by atoms with Crippen molar-refractivity contribution in [2.24, 2.45) is 5.92 Å². The second kappa shape index (κ2) is 5.97. The smallest absolute Gasteiger partial charge is 0.376 e. The van der Waals surface area contributed by atoms with Crippen molar-refractivity contribution in [2.75, 3.05) is 6.61 Å². The van der Waals surface area contributed by atoms with Gasteiger partial charge in [-0.25, -0.2) is 0 Å². The van der Waals surface area contributed by atoms with Crippen LogP contribution in [0, 0.1) is 5.92 Å². The molecule has 3 unspecified atom stereocenters. The first kappa shape index (κ1) is 14.9. The fourth-order valence-corrected chi connectivity index (χ4v) is 3.13. The first-order valence-corrected chi connectivity index (χ1v) is 7.52. The normalized spacial score (nSPS) is 27.8. The summed E-state index contributed by atoms with van der Waals surface area (Å²) in [6, 6.07) is 8.23. The highest BCUT2D eigenvalue weighted by Crippen LogP contribution is 2.40. The number of hydrogen-bond donors (Lipinski definition) is 1. The molecule has 1 saturated heterocycles. The summed E-state index contributed by atoms with van der Waals surface area (Å²) < 4.78 is 44.3. The number of hydrogen-bond acceptors (Lipinski definition) is 2. The van der Waals surface area contributed by atoms with Gasteiger partial charge in [-0.3, -0.25) is 0 Å². The first-order chi connectivity index (χ1) is 10.0. The van der Waals surface area contributed by atoms with Crippen LogP contribution in [0.2, 0.25) is 0 Å². The first-order valence-electron chi connectivity index (χ1n) is 7.52. The van der Waals surface area contributed by atoms with E-state index >= 15 is 0 Å². The number of alkyl halides is 3. The second-order valence-corrected chi connectivity index (χ2v) is 6.02. The van der Waals surface area contributed by atoms with Gasteiger partial charge in [0.25, 0.3) is 0 Å². The molecule has 3 atom stereocenters. The molecule has 21 heavy (non-hydrogen) atoms. The van der Waals surface area contributed by atoms with Gasteiger partial charge in [-0.15, -0.1) is 0 Å². The van der Waals surface area contributed by atoms with Gasteiger partial charge < -0.3 is 10.1 Å². The number of benzene rings is 1. The SMILES string of the molecule is FC(F)(F)CC(NC1CCOC1C1CC1)c1ccccc1. The fraction of sp³-hybridized carbons (Fsp3) is 0.625. The Morgan fingerprint density at radius 2 is 1.86 bits per heavy atom. The van der Waals surface area contributed by atoms with Gasteiger partial charge in [-0.2, -0.15) is 13.2 Å². The number of halogens is 3. The molecule has 1 aromatic rings. The molecule has 1 aliphatic carbocycles. The van der Waals surface area contributed by atoms with Crippen LogP contribution in [0.3, 0.4) is 0 Å². The lowest BCUT2D eigenvalue weighted by Gasteiger charge is -2.27. The zero-order valence-electron chi connectivity index (χ0n) is 11.8. The zero-order chi connectivity index (χ0) is 14.9. The Labute approximate surface area is 122 Å². The van der Waals surface area contributed by atoms with E-state index in [1.165, 1.54) is 0 Å². The Hall–Kier alpha value is -1.07. The number of nitrogens with one attached hydrogen (secondary N) is 1. The van der Waals surface area contributed by atoms with Crippen LogP contribution in [0.5, 0.6) is 0 Å². The molecule has 5 heteroatoms. The summed E-state index contributed by atoms with van der Waals surface area (Å²) in [5.74, 6) is 0.535. The van der Waals surface area contributed by atoms with Gasteiger partial charge in [0, 0.05) is 18.7 Å². The van der Waals surface area contributed by atoms with Crippen LogP contribution in [-0.2, 0) is 4.74 Å². The summed E-state index contributed by atoms with van der Waals surface area (Å²) in [7, 11) is 0. The van der Waals surface area contributed by atoms with E-state index in [9.17, 15) is 13.2 Å². The number of ether oxygens (including phenoxy) is 1. The maximum absolute atomic E-state index is 12.9. The lowest BCUT2D eigenvalue weighted by Crippen LogP contribution is -2.41. The van der Waals surface area contributed by atoms with Crippen molar-refractivity contribution in [2.45, 2.75) is 50.0 Å². The monoisotopic (exact) mass is 299 g/mol. The zero-order valence-corrected chi connectivity index (χ0v) is 11.8. The van der Waals surface area contributed by atoms with E-state index in [0.717, 1.165) is 19.3 Å². The molecular weight excluding hydrogens is 279 g/mol. The van der Waals surface area contributed by atoms with Gasteiger partial charge in [0.15, 0.2) is 0 Å². The summed E-state index contributed by atoms with van der Waals surface area (Å²) in [6.07, 6.45) is -1.87. The summed E-state index contributed by atoms with van der Waals surface area (Å²) in [4.78, 5) is 0. The molecule has 1 aromatic carbocycles. The maximum atomic E-state index is 12.9. The molecule has 1 N–H and O–H groups in total. The lowest BCUT2D eigenvalue weighted by atomic mass is 9.99. The quantitative estimate of drug-likeness (QED) is 0.892. The van der Waals surface area contributed by atoms with Gasteiger partial charge in [-0.1, -0.05) is 30.3 Å². The standard InChI is InChI=1S/C16H20F3NO/c17-16(18,19)10-14(11-4-2-1-3-5-11)20-13-8-9-21-15(13)12-6-7-12/h1-5,12-15,20H,6-10H2. The van der Waals surface area contributed by atoms with Gasteiger partial charge in [-0.05, 0) is 30.7 Å². The van der Waals surface area contributed by atoms with Crippen LogP contribution in [0.25, 0.3) is 0 Å². The summed E-state index contributed by atoms with van der Waals surface area (Å²) in [6.45, 7) is 0.645. The van der Waals surface area contributed by atoms with Crippen molar-refractivity contribution in [3.05, 3.63) is 35.9 Å². The van der Waals surface area contributed by atoms with Gasteiger partial charge >= 0.3 is 6.18 Å². The average Bonchev–Trinajstić information content (AvgIpc) is 3.18. The van der Waals surface area contributed by atoms with E-state index < -0.39 is 18.6 Å². The molecular formula is C16H20F3NO. The average molecular weight is 299 g/mol. The van der Waals surface area contributed by atoms with E-state index in [4.69, 9.17) is 4.74 Å². The fourth-order valence-electron chi connectivity index (χ4n) is 3.13. The molecule has 0 bridgehead atoms. The Balaban J connectivity index is 1.72. The third-order valence-corrected chi connectivity index (χ3v) is 4.28.